The van der Waals surface area contributed by atoms with Gasteiger partial charge in [-0.25, -0.2) is 0 Å². The van der Waals surface area contributed by atoms with Crippen LogP contribution >= 0.6 is 15.9 Å². The molecule has 6 heteroatoms. The molecule has 1 fully saturated rings. The largest absolute Gasteiger partial charge is 0.350 e. The Labute approximate surface area is 145 Å². The van der Waals surface area contributed by atoms with Gasteiger partial charge in [0.15, 0.2) is 5.82 Å². The lowest BCUT2D eigenvalue weighted by atomic mass is 10.1. The molecule has 0 bridgehead atoms. The molecule has 0 aliphatic heterocycles. The van der Waals surface area contributed by atoms with E-state index in [1.54, 1.807) is 6.20 Å². The van der Waals surface area contributed by atoms with Crippen molar-refractivity contribution >= 4 is 33.4 Å². The number of hydrogen-bond donors (Lipinski definition) is 2. The highest BCUT2D eigenvalue weighted by Gasteiger charge is 2.13. The van der Waals surface area contributed by atoms with E-state index in [1.807, 2.05) is 12.1 Å². The van der Waals surface area contributed by atoms with Gasteiger partial charge in [-0.05, 0) is 37.5 Å². The topological polar surface area (TPSA) is 62.7 Å². The number of benzene rings is 1. The van der Waals surface area contributed by atoms with Crippen molar-refractivity contribution in [3.8, 4) is 0 Å². The molecule has 1 aliphatic rings. The first-order chi connectivity index (χ1) is 11.2. The Hall–Kier alpha value is -1.69. The summed E-state index contributed by atoms with van der Waals surface area (Å²) in [7, 11) is 0. The molecule has 1 aliphatic carbocycles. The van der Waals surface area contributed by atoms with Gasteiger partial charge < -0.3 is 10.6 Å². The first-order valence-corrected chi connectivity index (χ1v) is 8.99. The van der Waals surface area contributed by atoms with Crippen LogP contribution in [0.5, 0.6) is 0 Å². The van der Waals surface area contributed by atoms with Gasteiger partial charge in [-0.2, -0.15) is 10.1 Å². The average molecular weight is 376 g/mol. The number of nitrogens with one attached hydrogen (secondary N) is 2. The molecule has 2 aromatic rings. The summed E-state index contributed by atoms with van der Waals surface area (Å²) in [4.78, 5) is 4.53. The molecular formula is C17H22BrN5. The SMILES string of the molecule is Cc1ccc(Nc2cnnc(NC3CCCCCC3)n2)cc1Br. The van der Waals surface area contributed by atoms with Crippen LogP contribution in [0.4, 0.5) is 17.5 Å². The Morgan fingerprint density at radius 3 is 2.65 bits per heavy atom. The zero-order chi connectivity index (χ0) is 16.1. The summed E-state index contributed by atoms with van der Waals surface area (Å²) >= 11 is 3.55. The van der Waals surface area contributed by atoms with E-state index in [0.29, 0.717) is 17.8 Å². The smallest absolute Gasteiger partial charge is 0.244 e. The second-order valence-electron chi connectivity index (χ2n) is 6.09. The Balaban J connectivity index is 1.67. The highest BCUT2D eigenvalue weighted by molar-refractivity contribution is 9.10. The fourth-order valence-corrected chi connectivity index (χ4v) is 3.23. The lowest BCUT2D eigenvalue weighted by molar-refractivity contribution is 0.613. The Morgan fingerprint density at radius 1 is 1.13 bits per heavy atom. The summed E-state index contributed by atoms with van der Waals surface area (Å²) in [6, 6.07) is 6.59. The van der Waals surface area contributed by atoms with Gasteiger partial charge in [-0.1, -0.05) is 47.7 Å². The third-order valence-electron chi connectivity index (χ3n) is 4.19. The number of anilines is 3. The summed E-state index contributed by atoms with van der Waals surface area (Å²) in [5.41, 5.74) is 2.18. The van der Waals surface area contributed by atoms with Crippen LogP contribution in [0.1, 0.15) is 44.1 Å². The molecule has 0 atom stereocenters. The summed E-state index contributed by atoms with van der Waals surface area (Å²) < 4.78 is 1.07. The zero-order valence-electron chi connectivity index (χ0n) is 13.3. The van der Waals surface area contributed by atoms with Gasteiger partial charge in [0.05, 0.1) is 6.20 Å². The monoisotopic (exact) mass is 375 g/mol. The van der Waals surface area contributed by atoms with Crippen LogP contribution in [0.25, 0.3) is 0 Å². The summed E-state index contributed by atoms with van der Waals surface area (Å²) in [5.74, 6) is 1.31. The molecule has 1 saturated carbocycles. The first kappa shape index (κ1) is 16.2. The fourth-order valence-electron chi connectivity index (χ4n) is 2.85. The van der Waals surface area contributed by atoms with E-state index in [9.17, 15) is 0 Å². The number of hydrogen-bond acceptors (Lipinski definition) is 5. The second-order valence-corrected chi connectivity index (χ2v) is 6.94. The minimum atomic E-state index is 0.461. The van der Waals surface area contributed by atoms with Crippen molar-refractivity contribution in [3.63, 3.8) is 0 Å². The van der Waals surface area contributed by atoms with Crippen LogP contribution in [-0.4, -0.2) is 21.2 Å². The molecule has 1 aromatic heterocycles. The highest BCUT2D eigenvalue weighted by atomic mass is 79.9. The number of halogens is 1. The van der Waals surface area contributed by atoms with E-state index in [1.165, 1.54) is 44.1 Å². The lowest BCUT2D eigenvalue weighted by Gasteiger charge is -2.16. The highest BCUT2D eigenvalue weighted by Crippen LogP contribution is 2.23. The van der Waals surface area contributed by atoms with E-state index >= 15 is 0 Å². The van der Waals surface area contributed by atoms with Crippen LogP contribution in [-0.2, 0) is 0 Å². The van der Waals surface area contributed by atoms with Crippen LogP contribution in [0.15, 0.2) is 28.9 Å². The van der Waals surface area contributed by atoms with E-state index in [2.05, 4.69) is 54.7 Å². The van der Waals surface area contributed by atoms with Gasteiger partial charge >= 0.3 is 0 Å². The molecule has 1 heterocycles. The zero-order valence-corrected chi connectivity index (χ0v) is 14.9. The van der Waals surface area contributed by atoms with Crippen molar-refractivity contribution in [2.24, 2.45) is 0 Å². The van der Waals surface area contributed by atoms with Crippen LogP contribution in [0, 0.1) is 6.92 Å². The quantitative estimate of drug-likeness (QED) is 0.749. The minimum Gasteiger partial charge on any atom is -0.350 e. The second kappa shape index (κ2) is 7.73. The van der Waals surface area contributed by atoms with Gasteiger partial charge in [0.25, 0.3) is 0 Å². The van der Waals surface area contributed by atoms with E-state index < -0.39 is 0 Å². The van der Waals surface area contributed by atoms with Crippen LogP contribution in [0.3, 0.4) is 0 Å². The van der Waals surface area contributed by atoms with Crippen LogP contribution in [0.2, 0.25) is 0 Å². The standard InChI is InChI=1S/C17H22BrN5/c1-12-8-9-14(10-15(12)18)20-16-11-19-23-17(22-16)21-13-6-4-2-3-5-7-13/h8-11,13H,2-7H2,1H3,(H2,20,21,22,23). The predicted octanol–water partition coefficient (Wildman–Crippen LogP) is 4.82. The molecule has 0 radical (unpaired) electrons. The van der Waals surface area contributed by atoms with E-state index in [-0.39, 0.29) is 0 Å². The number of rotatable bonds is 4. The first-order valence-electron chi connectivity index (χ1n) is 8.20. The fraction of sp³-hybridized carbons (Fsp3) is 0.471. The Bertz CT molecular complexity index is 653. The molecule has 0 amide bonds. The minimum absolute atomic E-state index is 0.461. The summed E-state index contributed by atoms with van der Waals surface area (Å²) in [5, 5.41) is 14.9. The molecule has 2 N–H and O–H groups in total. The van der Waals surface area contributed by atoms with Crippen LogP contribution < -0.4 is 10.6 Å². The van der Waals surface area contributed by atoms with Gasteiger partial charge in [-0.15, -0.1) is 5.10 Å². The normalized spacial score (nSPS) is 15.9. The molecule has 1 aromatic carbocycles. The molecule has 0 saturated heterocycles. The predicted molar refractivity (Wildman–Crippen MR) is 97.1 cm³/mol. The molecule has 122 valence electrons. The number of aromatic nitrogens is 3. The van der Waals surface area contributed by atoms with Gasteiger partial charge in [-0.3, -0.25) is 0 Å². The van der Waals surface area contributed by atoms with E-state index in [4.69, 9.17) is 0 Å². The van der Waals surface area contributed by atoms with Gasteiger partial charge in [0, 0.05) is 16.2 Å². The maximum atomic E-state index is 4.53. The van der Waals surface area contributed by atoms with Crippen molar-refractivity contribution in [3.05, 3.63) is 34.4 Å². The molecule has 23 heavy (non-hydrogen) atoms. The molecule has 3 rings (SSSR count). The Kier molecular flexibility index (Phi) is 5.43. The van der Waals surface area contributed by atoms with Crippen molar-refractivity contribution in [2.45, 2.75) is 51.5 Å². The lowest BCUT2D eigenvalue weighted by Crippen LogP contribution is -2.20. The maximum absolute atomic E-state index is 4.53. The van der Waals surface area contributed by atoms with Crippen molar-refractivity contribution < 1.29 is 0 Å². The van der Waals surface area contributed by atoms with Crippen molar-refractivity contribution in [1.29, 1.82) is 0 Å². The molecule has 0 unspecified atom stereocenters. The third-order valence-corrected chi connectivity index (χ3v) is 5.05. The summed E-state index contributed by atoms with van der Waals surface area (Å²) in [6.07, 6.45) is 9.24. The van der Waals surface area contributed by atoms with Gasteiger partial charge in [0.2, 0.25) is 5.95 Å². The van der Waals surface area contributed by atoms with Gasteiger partial charge in [0.1, 0.15) is 0 Å². The molecule has 5 nitrogen and oxygen atoms in total. The molecule has 0 spiro atoms. The Morgan fingerprint density at radius 2 is 1.91 bits per heavy atom. The maximum Gasteiger partial charge on any atom is 0.244 e. The van der Waals surface area contributed by atoms with E-state index in [0.717, 1.165) is 10.2 Å². The molecular weight excluding hydrogens is 354 g/mol. The van der Waals surface area contributed by atoms with Crippen molar-refractivity contribution in [1.82, 2.24) is 15.2 Å². The summed E-state index contributed by atoms with van der Waals surface area (Å²) in [6.45, 7) is 2.06. The third kappa shape index (κ3) is 4.64. The number of aryl methyl sites for hydroxylation is 1. The van der Waals surface area contributed by atoms with Crippen molar-refractivity contribution in [2.75, 3.05) is 10.6 Å². The average Bonchev–Trinajstić information content (AvgIpc) is 2.80. The number of nitrogens with zero attached hydrogens (tertiary/aromatic N) is 3.